The molecule has 0 fully saturated rings. The molecule has 0 bridgehead atoms. The first kappa shape index (κ1) is 25.8. The van der Waals surface area contributed by atoms with Crippen molar-refractivity contribution in [2.24, 2.45) is 0 Å². The van der Waals surface area contributed by atoms with Gasteiger partial charge >= 0.3 is 12.1 Å². The quantitative estimate of drug-likeness (QED) is 0.277. The Morgan fingerprint density at radius 3 is 2.53 bits per heavy atom. The van der Waals surface area contributed by atoms with E-state index in [1.807, 2.05) is 42.5 Å². The molecule has 0 amide bonds. The first-order valence-electron chi connectivity index (χ1n) is 12.5. The maximum Gasteiger partial charge on any atom is 0.417 e. The van der Waals surface area contributed by atoms with E-state index in [0.717, 1.165) is 10.9 Å². The van der Waals surface area contributed by atoms with E-state index in [4.69, 9.17) is 4.74 Å². The molecule has 1 heterocycles. The second kappa shape index (κ2) is 10.1. The Labute approximate surface area is 219 Å². The fraction of sp³-hybridized carbons (Fsp3) is 0.258. The van der Waals surface area contributed by atoms with Crippen LogP contribution in [0.4, 0.5) is 13.2 Å². The molecule has 2 N–H and O–H groups in total. The number of hydrogen-bond acceptors (Lipinski definition) is 3. The third-order valence-corrected chi connectivity index (χ3v) is 7.30. The van der Waals surface area contributed by atoms with Crippen LogP contribution in [0.5, 0.6) is 5.75 Å². The van der Waals surface area contributed by atoms with Crippen LogP contribution in [0, 0.1) is 6.92 Å². The van der Waals surface area contributed by atoms with Crippen molar-refractivity contribution in [2.75, 3.05) is 6.54 Å². The molecule has 4 nitrogen and oxygen atoms in total. The van der Waals surface area contributed by atoms with Gasteiger partial charge in [-0.1, -0.05) is 66.7 Å². The molecule has 1 aliphatic rings. The predicted octanol–water partition coefficient (Wildman–Crippen LogP) is 7.50. The van der Waals surface area contributed by atoms with Crippen LogP contribution in [-0.4, -0.2) is 23.7 Å². The zero-order valence-electron chi connectivity index (χ0n) is 21.0. The summed E-state index contributed by atoms with van der Waals surface area (Å²) in [7, 11) is 0. The summed E-state index contributed by atoms with van der Waals surface area (Å²) in [5.74, 6) is -1.24. The number of nitrogens with one attached hydrogen (secondary N) is 1. The topological polar surface area (TPSA) is 58.6 Å². The van der Waals surface area contributed by atoms with Gasteiger partial charge in [0.2, 0.25) is 0 Å². The van der Waals surface area contributed by atoms with Gasteiger partial charge in [-0.25, -0.2) is 4.79 Å². The van der Waals surface area contributed by atoms with E-state index in [-0.39, 0.29) is 23.6 Å². The molecular weight excluding hydrogens is 491 g/mol. The van der Waals surface area contributed by atoms with Crippen LogP contribution in [0.1, 0.15) is 63.5 Å². The number of carboxylic acid groups (broad SMARTS) is 1. The van der Waals surface area contributed by atoms with Gasteiger partial charge in [-0.3, -0.25) is 0 Å². The van der Waals surface area contributed by atoms with Crippen molar-refractivity contribution in [2.45, 2.75) is 44.5 Å². The molecule has 4 aromatic carbocycles. The molecule has 196 valence electrons. The normalized spacial score (nSPS) is 18.0. The standard InChI is InChI=1S/C31H28F3NO3/c1-18-14-21(15-27(30(36)37)29(18)31(32,33)34)26-16-22(38-28-13-6-5-11-25(26)28)17-35-19(2)23-12-7-9-20-8-3-4-10-24(20)23/h3-15,19,22,26,35H,16-17H2,1-2H3,(H,36,37)/t19-,22-,26+/m1/s1. The number of aromatic carboxylic acids is 1. The summed E-state index contributed by atoms with van der Waals surface area (Å²) in [6.07, 6.45) is -4.52. The van der Waals surface area contributed by atoms with Crippen LogP contribution in [0.25, 0.3) is 10.8 Å². The van der Waals surface area contributed by atoms with Crippen molar-refractivity contribution in [1.29, 1.82) is 0 Å². The number of fused-ring (bicyclic) bond motifs is 2. The van der Waals surface area contributed by atoms with Crippen LogP contribution in [0.15, 0.2) is 78.9 Å². The molecule has 0 radical (unpaired) electrons. The number of rotatable bonds is 6. The fourth-order valence-electron chi connectivity index (χ4n) is 5.54. The van der Waals surface area contributed by atoms with Gasteiger partial charge in [0, 0.05) is 24.1 Å². The predicted molar refractivity (Wildman–Crippen MR) is 141 cm³/mol. The summed E-state index contributed by atoms with van der Waals surface area (Å²) in [4.78, 5) is 11.8. The summed E-state index contributed by atoms with van der Waals surface area (Å²) >= 11 is 0. The van der Waals surface area contributed by atoms with Crippen molar-refractivity contribution in [1.82, 2.24) is 5.32 Å². The highest BCUT2D eigenvalue weighted by atomic mass is 19.4. The Bertz CT molecular complexity index is 1490. The van der Waals surface area contributed by atoms with E-state index in [1.54, 1.807) is 0 Å². The third-order valence-electron chi connectivity index (χ3n) is 7.30. The van der Waals surface area contributed by atoms with E-state index >= 15 is 0 Å². The van der Waals surface area contributed by atoms with Gasteiger partial charge in [0.15, 0.2) is 0 Å². The first-order valence-corrected chi connectivity index (χ1v) is 12.5. The minimum Gasteiger partial charge on any atom is -0.489 e. The Kier molecular flexibility index (Phi) is 6.88. The summed E-state index contributed by atoms with van der Waals surface area (Å²) in [5, 5.41) is 15.5. The average molecular weight is 520 g/mol. The molecule has 7 heteroatoms. The summed E-state index contributed by atoms with van der Waals surface area (Å²) in [6, 6.07) is 24.5. The molecule has 0 spiro atoms. The molecule has 0 aliphatic carbocycles. The molecule has 0 saturated heterocycles. The first-order chi connectivity index (χ1) is 18.1. The van der Waals surface area contributed by atoms with E-state index in [9.17, 15) is 23.1 Å². The summed E-state index contributed by atoms with van der Waals surface area (Å²) < 4.78 is 47.3. The average Bonchev–Trinajstić information content (AvgIpc) is 2.89. The zero-order valence-corrected chi connectivity index (χ0v) is 21.0. The van der Waals surface area contributed by atoms with Gasteiger partial charge in [-0.05, 0) is 59.9 Å². The Morgan fingerprint density at radius 1 is 1.05 bits per heavy atom. The fourth-order valence-corrected chi connectivity index (χ4v) is 5.54. The number of para-hydroxylation sites is 1. The van der Waals surface area contributed by atoms with Gasteiger partial charge < -0.3 is 15.2 Å². The number of aryl methyl sites for hydroxylation is 1. The Hall–Kier alpha value is -3.84. The Balaban J connectivity index is 1.44. The van der Waals surface area contributed by atoms with Crippen LogP contribution in [0.2, 0.25) is 0 Å². The molecule has 38 heavy (non-hydrogen) atoms. The number of benzene rings is 4. The maximum absolute atomic E-state index is 13.7. The van der Waals surface area contributed by atoms with E-state index in [1.165, 1.54) is 30.0 Å². The number of carboxylic acids is 1. The monoisotopic (exact) mass is 519 g/mol. The second-order valence-electron chi connectivity index (χ2n) is 9.83. The van der Waals surface area contributed by atoms with Crippen molar-refractivity contribution >= 4 is 16.7 Å². The number of ether oxygens (including phenoxy) is 1. The third kappa shape index (κ3) is 4.98. The lowest BCUT2D eigenvalue weighted by Crippen LogP contribution is -2.37. The zero-order chi connectivity index (χ0) is 27.0. The van der Waals surface area contributed by atoms with Crippen LogP contribution >= 0.6 is 0 Å². The molecule has 0 aromatic heterocycles. The highest BCUT2D eigenvalue weighted by molar-refractivity contribution is 5.90. The van der Waals surface area contributed by atoms with Gasteiger partial charge in [-0.15, -0.1) is 0 Å². The number of halogens is 3. The maximum atomic E-state index is 13.7. The van der Waals surface area contributed by atoms with Crippen molar-refractivity contribution in [3.05, 3.63) is 112 Å². The lowest BCUT2D eigenvalue weighted by atomic mass is 9.82. The molecule has 5 rings (SSSR count). The van der Waals surface area contributed by atoms with Crippen LogP contribution < -0.4 is 10.1 Å². The van der Waals surface area contributed by atoms with Gasteiger partial charge in [0.1, 0.15) is 11.9 Å². The van der Waals surface area contributed by atoms with Crippen LogP contribution in [-0.2, 0) is 6.18 Å². The van der Waals surface area contributed by atoms with Crippen molar-refractivity contribution in [3.63, 3.8) is 0 Å². The lowest BCUT2D eigenvalue weighted by Gasteiger charge is -2.34. The largest absolute Gasteiger partial charge is 0.489 e. The number of hydrogen-bond donors (Lipinski definition) is 2. The van der Waals surface area contributed by atoms with E-state index < -0.39 is 23.3 Å². The minimum absolute atomic E-state index is 0.0345. The SMILES string of the molecule is Cc1cc([C@@H]2C[C@H](CN[C@H](C)c3cccc4ccccc34)Oc3ccccc32)cc(C(=O)O)c1C(F)(F)F. The second-order valence-corrected chi connectivity index (χ2v) is 9.83. The molecule has 3 atom stereocenters. The highest BCUT2D eigenvalue weighted by Crippen LogP contribution is 2.43. The van der Waals surface area contributed by atoms with Crippen LogP contribution in [0.3, 0.4) is 0 Å². The van der Waals surface area contributed by atoms with E-state index in [0.29, 0.717) is 24.3 Å². The van der Waals surface area contributed by atoms with Gasteiger partial charge in [0.25, 0.3) is 0 Å². The summed E-state index contributed by atoms with van der Waals surface area (Å²) in [5.41, 5.74) is 0.611. The Morgan fingerprint density at radius 2 is 1.76 bits per heavy atom. The molecule has 0 saturated carbocycles. The molecular formula is C31H28F3NO3. The van der Waals surface area contributed by atoms with Crippen molar-refractivity contribution < 1.29 is 27.8 Å². The van der Waals surface area contributed by atoms with Gasteiger partial charge in [-0.2, -0.15) is 13.2 Å². The van der Waals surface area contributed by atoms with Gasteiger partial charge in [0.05, 0.1) is 11.1 Å². The molecule has 1 aliphatic heterocycles. The smallest absolute Gasteiger partial charge is 0.417 e. The van der Waals surface area contributed by atoms with E-state index in [2.05, 4.69) is 36.5 Å². The molecule has 4 aromatic rings. The molecule has 0 unspecified atom stereocenters. The number of alkyl halides is 3. The minimum atomic E-state index is -4.76. The lowest BCUT2D eigenvalue weighted by molar-refractivity contribution is -0.138. The van der Waals surface area contributed by atoms with Crippen molar-refractivity contribution in [3.8, 4) is 5.75 Å². The summed E-state index contributed by atoms with van der Waals surface area (Å²) in [6.45, 7) is 3.92. The highest BCUT2D eigenvalue weighted by Gasteiger charge is 2.39. The number of carbonyl (C=O) groups is 1.